The highest BCUT2D eigenvalue weighted by Crippen LogP contribution is 2.16. The average Bonchev–Trinajstić information content (AvgIpc) is 2.71. The first-order valence-electron chi connectivity index (χ1n) is 9.04. The standard InChI is InChI=1S/C19H23N5O3/c1-2-27-19(26)24-12-10-15(11-13-24)20-16-8-9-17(23-22-16)21-18(25)14-6-4-3-5-7-14/h3-9,15H,2,10-13H2,1H3,(H,20,22)(H,21,23,25). The minimum atomic E-state index is -0.255. The molecule has 0 aliphatic carbocycles. The molecule has 1 aromatic heterocycles. The summed E-state index contributed by atoms with van der Waals surface area (Å²) in [7, 11) is 0. The van der Waals surface area contributed by atoms with Gasteiger partial charge in [-0.25, -0.2) is 4.79 Å². The predicted octanol–water partition coefficient (Wildman–Crippen LogP) is 2.76. The third kappa shape index (κ3) is 5.16. The molecule has 2 aromatic rings. The van der Waals surface area contributed by atoms with Crippen LogP contribution in [0.25, 0.3) is 0 Å². The minimum Gasteiger partial charge on any atom is -0.450 e. The Morgan fingerprint density at radius 2 is 1.74 bits per heavy atom. The number of carbonyl (C=O) groups is 2. The monoisotopic (exact) mass is 369 g/mol. The van der Waals surface area contributed by atoms with Crippen LogP contribution in [-0.2, 0) is 4.74 Å². The summed E-state index contributed by atoms with van der Waals surface area (Å²) in [5.41, 5.74) is 0.565. The fourth-order valence-corrected chi connectivity index (χ4v) is 2.88. The number of aromatic nitrogens is 2. The van der Waals surface area contributed by atoms with Crippen molar-refractivity contribution in [1.82, 2.24) is 15.1 Å². The van der Waals surface area contributed by atoms with Gasteiger partial charge in [-0.05, 0) is 44.0 Å². The van der Waals surface area contributed by atoms with Gasteiger partial charge in [-0.15, -0.1) is 10.2 Å². The maximum atomic E-state index is 12.1. The number of benzene rings is 1. The zero-order valence-corrected chi connectivity index (χ0v) is 15.2. The third-order valence-electron chi connectivity index (χ3n) is 4.32. The number of hydrogen-bond acceptors (Lipinski definition) is 6. The van der Waals surface area contributed by atoms with Gasteiger partial charge in [0.05, 0.1) is 6.61 Å². The number of nitrogens with one attached hydrogen (secondary N) is 2. The molecule has 2 amide bonds. The fourth-order valence-electron chi connectivity index (χ4n) is 2.88. The number of anilines is 2. The Bertz CT molecular complexity index is 759. The SMILES string of the molecule is CCOC(=O)N1CCC(Nc2ccc(NC(=O)c3ccccc3)nn2)CC1. The molecule has 1 aromatic carbocycles. The summed E-state index contributed by atoms with van der Waals surface area (Å²) in [5, 5.41) is 14.2. The molecule has 0 spiro atoms. The molecule has 1 saturated heterocycles. The number of carbonyl (C=O) groups excluding carboxylic acids is 2. The number of likely N-dealkylation sites (tertiary alicyclic amines) is 1. The lowest BCUT2D eigenvalue weighted by molar-refractivity contribution is 0.0981. The summed E-state index contributed by atoms with van der Waals surface area (Å²) in [6.45, 7) is 3.49. The summed E-state index contributed by atoms with van der Waals surface area (Å²) in [5.74, 6) is 0.811. The van der Waals surface area contributed by atoms with Gasteiger partial charge in [-0.2, -0.15) is 0 Å². The average molecular weight is 369 g/mol. The molecule has 3 rings (SSSR count). The van der Waals surface area contributed by atoms with Crippen molar-refractivity contribution in [2.75, 3.05) is 30.3 Å². The van der Waals surface area contributed by atoms with Crippen molar-refractivity contribution in [3.05, 3.63) is 48.0 Å². The van der Waals surface area contributed by atoms with Crippen molar-refractivity contribution in [2.24, 2.45) is 0 Å². The van der Waals surface area contributed by atoms with Gasteiger partial charge in [0, 0.05) is 24.7 Å². The van der Waals surface area contributed by atoms with Crippen LogP contribution in [0.15, 0.2) is 42.5 Å². The normalized spacial score (nSPS) is 14.5. The van der Waals surface area contributed by atoms with Crippen LogP contribution in [0.1, 0.15) is 30.1 Å². The molecule has 0 unspecified atom stereocenters. The molecule has 27 heavy (non-hydrogen) atoms. The number of ether oxygens (including phenoxy) is 1. The van der Waals surface area contributed by atoms with Crippen molar-refractivity contribution < 1.29 is 14.3 Å². The lowest BCUT2D eigenvalue weighted by Gasteiger charge is -2.31. The van der Waals surface area contributed by atoms with Crippen LogP contribution in [0.3, 0.4) is 0 Å². The van der Waals surface area contributed by atoms with Crippen LogP contribution in [0.4, 0.5) is 16.4 Å². The fraction of sp³-hybridized carbons (Fsp3) is 0.368. The zero-order valence-electron chi connectivity index (χ0n) is 15.2. The summed E-state index contributed by atoms with van der Waals surface area (Å²) in [6, 6.07) is 12.7. The first kappa shape index (κ1) is 18.6. The maximum Gasteiger partial charge on any atom is 0.409 e. The number of rotatable bonds is 5. The van der Waals surface area contributed by atoms with E-state index in [-0.39, 0.29) is 18.0 Å². The van der Waals surface area contributed by atoms with E-state index in [4.69, 9.17) is 4.74 Å². The van der Waals surface area contributed by atoms with E-state index in [0.29, 0.717) is 36.9 Å². The molecule has 8 heteroatoms. The van der Waals surface area contributed by atoms with Crippen LogP contribution >= 0.6 is 0 Å². The lowest BCUT2D eigenvalue weighted by Crippen LogP contribution is -2.42. The van der Waals surface area contributed by atoms with Crippen LogP contribution in [-0.4, -0.2) is 52.8 Å². The quantitative estimate of drug-likeness (QED) is 0.841. The predicted molar refractivity (Wildman–Crippen MR) is 102 cm³/mol. The summed E-state index contributed by atoms with van der Waals surface area (Å²) >= 11 is 0. The van der Waals surface area contributed by atoms with E-state index in [2.05, 4.69) is 20.8 Å². The minimum absolute atomic E-state index is 0.217. The van der Waals surface area contributed by atoms with Gasteiger partial charge in [0.1, 0.15) is 5.82 Å². The van der Waals surface area contributed by atoms with Crippen LogP contribution in [0.2, 0.25) is 0 Å². The maximum absolute atomic E-state index is 12.1. The highest BCUT2D eigenvalue weighted by molar-refractivity contribution is 6.03. The summed E-state index contributed by atoms with van der Waals surface area (Å²) in [4.78, 5) is 25.5. The first-order chi connectivity index (χ1) is 13.2. The van der Waals surface area contributed by atoms with E-state index in [1.165, 1.54) is 0 Å². The number of hydrogen-bond donors (Lipinski definition) is 2. The molecule has 2 N–H and O–H groups in total. The van der Waals surface area contributed by atoms with Crippen molar-refractivity contribution in [3.8, 4) is 0 Å². The van der Waals surface area contributed by atoms with Gasteiger partial charge >= 0.3 is 6.09 Å². The molecule has 142 valence electrons. The molecular weight excluding hydrogens is 346 g/mol. The summed E-state index contributed by atoms with van der Waals surface area (Å²) < 4.78 is 5.02. The molecule has 1 aliphatic rings. The van der Waals surface area contributed by atoms with Gasteiger partial charge < -0.3 is 20.3 Å². The molecule has 2 heterocycles. The second-order valence-corrected chi connectivity index (χ2v) is 6.23. The molecule has 1 fully saturated rings. The van der Waals surface area contributed by atoms with Crippen LogP contribution in [0.5, 0.6) is 0 Å². The number of piperidine rings is 1. The Labute approximate surface area is 157 Å². The van der Waals surface area contributed by atoms with Gasteiger partial charge in [0.2, 0.25) is 0 Å². The second-order valence-electron chi connectivity index (χ2n) is 6.23. The lowest BCUT2D eigenvalue weighted by atomic mass is 10.1. The van der Waals surface area contributed by atoms with Gasteiger partial charge in [-0.1, -0.05) is 18.2 Å². The Hall–Kier alpha value is -3.16. The van der Waals surface area contributed by atoms with Crippen LogP contribution < -0.4 is 10.6 Å². The second kappa shape index (κ2) is 8.98. The Morgan fingerprint density at radius 3 is 2.37 bits per heavy atom. The molecule has 0 atom stereocenters. The summed E-state index contributed by atoms with van der Waals surface area (Å²) in [6.07, 6.45) is 1.37. The Balaban J connectivity index is 1.48. The van der Waals surface area contributed by atoms with E-state index in [1.54, 1.807) is 48.2 Å². The molecule has 1 aliphatic heterocycles. The smallest absolute Gasteiger partial charge is 0.409 e. The van der Waals surface area contributed by atoms with Crippen LogP contribution in [0, 0.1) is 0 Å². The van der Waals surface area contributed by atoms with E-state index in [9.17, 15) is 9.59 Å². The molecule has 0 bridgehead atoms. The van der Waals surface area contributed by atoms with Crippen molar-refractivity contribution in [2.45, 2.75) is 25.8 Å². The van der Waals surface area contributed by atoms with Gasteiger partial charge in [-0.3, -0.25) is 4.79 Å². The molecule has 0 saturated carbocycles. The van der Waals surface area contributed by atoms with E-state index in [0.717, 1.165) is 12.8 Å². The van der Waals surface area contributed by atoms with E-state index < -0.39 is 0 Å². The molecular formula is C19H23N5O3. The molecule has 8 nitrogen and oxygen atoms in total. The Morgan fingerprint density at radius 1 is 1.07 bits per heavy atom. The van der Waals surface area contributed by atoms with Crippen molar-refractivity contribution in [3.63, 3.8) is 0 Å². The largest absolute Gasteiger partial charge is 0.450 e. The number of nitrogens with zero attached hydrogens (tertiary/aromatic N) is 3. The molecule has 0 radical (unpaired) electrons. The van der Waals surface area contributed by atoms with E-state index in [1.807, 2.05) is 6.07 Å². The Kier molecular flexibility index (Phi) is 6.19. The third-order valence-corrected chi connectivity index (χ3v) is 4.32. The van der Waals surface area contributed by atoms with Gasteiger partial charge in [0.15, 0.2) is 5.82 Å². The topological polar surface area (TPSA) is 96.5 Å². The van der Waals surface area contributed by atoms with Gasteiger partial charge in [0.25, 0.3) is 5.91 Å². The number of amides is 2. The van der Waals surface area contributed by atoms with Crippen molar-refractivity contribution >= 4 is 23.6 Å². The zero-order chi connectivity index (χ0) is 19.1. The first-order valence-corrected chi connectivity index (χ1v) is 9.04. The van der Waals surface area contributed by atoms with E-state index >= 15 is 0 Å². The highest BCUT2D eigenvalue weighted by atomic mass is 16.6. The highest BCUT2D eigenvalue weighted by Gasteiger charge is 2.23. The van der Waals surface area contributed by atoms with Crippen molar-refractivity contribution in [1.29, 1.82) is 0 Å².